The quantitative estimate of drug-likeness (QED) is 0.634. The Hall–Kier alpha value is -0.0400. The maximum absolute atomic E-state index is 3.24. The van der Waals surface area contributed by atoms with Crippen molar-refractivity contribution in [1.29, 1.82) is 0 Å². The van der Waals surface area contributed by atoms with Gasteiger partial charge in [0.1, 0.15) is 0 Å². The molecule has 1 N–H and O–H groups in total. The Morgan fingerprint density at radius 2 is 2.00 bits per heavy atom. The van der Waals surface area contributed by atoms with Crippen molar-refractivity contribution in [2.24, 2.45) is 11.8 Å². The fourth-order valence-electron chi connectivity index (χ4n) is 2.02. The van der Waals surface area contributed by atoms with Crippen molar-refractivity contribution in [3.05, 3.63) is 0 Å². The van der Waals surface area contributed by atoms with Gasteiger partial charge in [0, 0.05) is 0 Å². The van der Waals surface area contributed by atoms with Crippen LogP contribution in [0.5, 0.6) is 0 Å². The minimum absolute atomic E-state index is 0.896. The SMILES string of the molecule is CNCC(C)C1CCCC1. The van der Waals surface area contributed by atoms with Gasteiger partial charge < -0.3 is 5.32 Å². The molecule has 0 amide bonds. The van der Waals surface area contributed by atoms with E-state index in [0.717, 1.165) is 11.8 Å². The maximum atomic E-state index is 3.24. The van der Waals surface area contributed by atoms with E-state index in [1.165, 1.54) is 32.2 Å². The molecule has 0 bridgehead atoms. The van der Waals surface area contributed by atoms with Crippen LogP contribution < -0.4 is 5.32 Å². The summed E-state index contributed by atoms with van der Waals surface area (Å²) in [6, 6.07) is 0. The van der Waals surface area contributed by atoms with E-state index in [4.69, 9.17) is 0 Å². The van der Waals surface area contributed by atoms with Crippen LogP contribution in [0.2, 0.25) is 0 Å². The lowest BCUT2D eigenvalue weighted by Crippen LogP contribution is -2.21. The fraction of sp³-hybridized carbons (Fsp3) is 1.00. The predicted octanol–water partition coefficient (Wildman–Crippen LogP) is 2.03. The summed E-state index contributed by atoms with van der Waals surface area (Å²) in [6.45, 7) is 3.57. The molecule has 10 heavy (non-hydrogen) atoms. The molecule has 1 saturated carbocycles. The average Bonchev–Trinajstić information content (AvgIpc) is 2.38. The van der Waals surface area contributed by atoms with Gasteiger partial charge in [0.15, 0.2) is 0 Å². The number of rotatable bonds is 3. The standard InChI is InChI=1S/C9H19N/c1-8(7-10-2)9-5-3-4-6-9/h8-10H,3-7H2,1-2H3. The van der Waals surface area contributed by atoms with E-state index in [2.05, 4.69) is 12.2 Å². The van der Waals surface area contributed by atoms with E-state index in [1.54, 1.807) is 0 Å². The Kier molecular flexibility index (Phi) is 3.20. The lowest BCUT2D eigenvalue weighted by atomic mass is 9.93. The number of nitrogens with one attached hydrogen (secondary N) is 1. The highest BCUT2D eigenvalue weighted by Gasteiger charge is 2.20. The molecule has 1 nitrogen and oxygen atoms in total. The molecule has 1 atom stereocenters. The first-order valence-electron chi connectivity index (χ1n) is 4.49. The summed E-state index contributed by atoms with van der Waals surface area (Å²) in [5.74, 6) is 1.92. The van der Waals surface area contributed by atoms with E-state index in [-0.39, 0.29) is 0 Å². The number of hydrogen-bond acceptors (Lipinski definition) is 1. The van der Waals surface area contributed by atoms with E-state index in [0.29, 0.717) is 0 Å². The van der Waals surface area contributed by atoms with Crippen LogP contribution in [-0.2, 0) is 0 Å². The van der Waals surface area contributed by atoms with Gasteiger partial charge in [-0.25, -0.2) is 0 Å². The van der Waals surface area contributed by atoms with Crippen molar-refractivity contribution in [3.63, 3.8) is 0 Å². The molecular formula is C9H19N. The van der Waals surface area contributed by atoms with Crippen LogP contribution >= 0.6 is 0 Å². The van der Waals surface area contributed by atoms with Crippen molar-refractivity contribution < 1.29 is 0 Å². The lowest BCUT2D eigenvalue weighted by Gasteiger charge is -2.17. The molecule has 0 aromatic rings. The monoisotopic (exact) mass is 141 g/mol. The molecule has 1 aliphatic carbocycles. The fourth-order valence-corrected chi connectivity index (χ4v) is 2.02. The zero-order chi connectivity index (χ0) is 7.40. The molecule has 0 heterocycles. The Labute approximate surface area is 64.2 Å². The highest BCUT2D eigenvalue weighted by Crippen LogP contribution is 2.30. The second-order valence-corrected chi connectivity index (χ2v) is 3.58. The second kappa shape index (κ2) is 3.97. The van der Waals surface area contributed by atoms with Crippen LogP contribution in [0.4, 0.5) is 0 Å². The summed E-state index contributed by atoms with van der Waals surface area (Å²) >= 11 is 0. The predicted molar refractivity (Wildman–Crippen MR) is 45.0 cm³/mol. The highest BCUT2D eigenvalue weighted by molar-refractivity contribution is 4.73. The van der Waals surface area contributed by atoms with Crippen LogP contribution in [-0.4, -0.2) is 13.6 Å². The van der Waals surface area contributed by atoms with Crippen LogP contribution in [0.3, 0.4) is 0 Å². The van der Waals surface area contributed by atoms with Crippen molar-refractivity contribution in [1.82, 2.24) is 5.32 Å². The van der Waals surface area contributed by atoms with Gasteiger partial charge in [-0.15, -0.1) is 0 Å². The summed E-state index contributed by atoms with van der Waals surface area (Å²) in [5, 5.41) is 3.24. The van der Waals surface area contributed by atoms with Gasteiger partial charge in [-0.3, -0.25) is 0 Å². The van der Waals surface area contributed by atoms with Crippen LogP contribution in [0.1, 0.15) is 32.6 Å². The smallest absolute Gasteiger partial charge is 0.00235 e. The van der Waals surface area contributed by atoms with Gasteiger partial charge in [0.25, 0.3) is 0 Å². The van der Waals surface area contributed by atoms with Crippen molar-refractivity contribution in [2.75, 3.05) is 13.6 Å². The third-order valence-corrected chi connectivity index (χ3v) is 2.73. The van der Waals surface area contributed by atoms with Crippen molar-refractivity contribution in [2.45, 2.75) is 32.6 Å². The third-order valence-electron chi connectivity index (χ3n) is 2.73. The zero-order valence-electron chi connectivity index (χ0n) is 7.19. The first-order valence-corrected chi connectivity index (χ1v) is 4.49. The maximum Gasteiger partial charge on any atom is -0.00235 e. The van der Waals surface area contributed by atoms with Crippen molar-refractivity contribution in [3.8, 4) is 0 Å². The van der Waals surface area contributed by atoms with Crippen LogP contribution in [0.15, 0.2) is 0 Å². The molecule has 1 fully saturated rings. The molecule has 0 aromatic heterocycles. The molecule has 0 radical (unpaired) electrons. The van der Waals surface area contributed by atoms with E-state index < -0.39 is 0 Å². The van der Waals surface area contributed by atoms with E-state index in [9.17, 15) is 0 Å². The molecule has 60 valence electrons. The minimum Gasteiger partial charge on any atom is -0.319 e. The summed E-state index contributed by atoms with van der Waals surface area (Å²) in [4.78, 5) is 0. The normalized spacial score (nSPS) is 23.4. The summed E-state index contributed by atoms with van der Waals surface area (Å²) in [7, 11) is 2.05. The molecule has 0 aliphatic heterocycles. The molecule has 1 rings (SSSR count). The first-order chi connectivity index (χ1) is 4.84. The van der Waals surface area contributed by atoms with Gasteiger partial charge in [-0.2, -0.15) is 0 Å². The lowest BCUT2D eigenvalue weighted by molar-refractivity contribution is 0.357. The summed E-state index contributed by atoms with van der Waals surface area (Å²) in [6.07, 6.45) is 5.89. The van der Waals surface area contributed by atoms with E-state index >= 15 is 0 Å². The van der Waals surface area contributed by atoms with Gasteiger partial charge >= 0.3 is 0 Å². The third kappa shape index (κ3) is 1.98. The first kappa shape index (κ1) is 8.06. The van der Waals surface area contributed by atoms with E-state index in [1.807, 2.05) is 7.05 Å². The Balaban J connectivity index is 2.18. The topological polar surface area (TPSA) is 12.0 Å². The number of hydrogen-bond donors (Lipinski definition) is 1. The summed E-state index contributed by atoms with van der Waals surface area (Å²) in [5.41, 5.74) is 0. The molecule has 1 aliphatic rings. The Morgan fingerprint density at radius 3 is 2.50 bits per heavy atom. The van der Waals surface area contributed by atoms with Crippen molar-refractivity contribution >= 4 is 0 Å². The molecule has 0 saturated heterocycles. The Morgan fingerprint density at radius 1 is 1.40 bits per heavy atom. The average molecular weight is 141 g/mol. The largest absolute Gasteiger partial charge is 0.319 e. The molecule has 1 unspecified atom stereocenters. The van der Waals surface area contributed by atoms with Crippen LogP contribution in [0, 0.1) is 11.8 Å². The highest BCUT2D eigenvalue weighted by atomic mass is 14.8. The molecule has 0 aromatic carbocycles. The van der Waals surface area contributed by atoms with Gasteiger partial charge in [0.2, 0.25) is 0 Å². The van der Waals surface area contributed by atoms with Gasteiger partial charge in [-0.05, 0) is 25.4 Å². The van der Waals surface area contributed by atoms with Gasteiger partial charge in [-0.1, -0.05) is 32.6 Å². The Bertz CT molecular complexity index is 84.7. The molecular weight excluding hydrogens is 122 g/mol. The zero-order valence-corrected chi connectivity index (χ0v) is 7.19. The van der Waals surface area contributed by atoms with Crippen LogP contribution in [0.25, 0.3) is 0 Å². The molecule has 0 spiro atoms. The van der Waals surface area contributed by atoms with Gasteiger partial charge in [0.05, 0.1) is 0 Å². The summed E-state index contributed by atoms with van der Waals surface area (Å²) < 4.78 is 0. The molecule has 1 heteroatoms. The second-order valence-electron chi connectivity index (χ2n) is 3.58. The minimum atomic E-state index is 0.896.